The standard InChI is InChI=1S/C16H22N2O4/c1-8(2)14-13(17-7-22-14)15(19)18-12-10-5-4-9(6-10)11(12)16(20)21-3/h7-12H,4-6H2,1-3H3,(H,18,19)/t9-,10-,11+,12-/m0/s1. The van der Waals surface area contributed by atoms with Crippen LogP contribution >= 0.6 is 0 Å². The van der Waals surface area contributed by atoms with E-state index in [9.17, 15) is 9.59 Å². The average Bonchev–Trinajstić information content (AvgIpc) is 3.21. The smallest absolute Gasteiger partial charge is 0.311 e. The van der Waals surface area contributed by atoms with Gasteiger partial charge in [0, 0.05) is 12.0 Å². The molecule has 0 radical (unpaired) electrons. The van der Waals surface area contributed by atoms with Gasteiger partial charge in [0.1, 0.15) is 5.76 Å². The van der Waals surface area contributed by atoms with Crippen LogP contribution in [-0.4, -0.2) is 30.0 Å². The Morgan fingerprint density at radius 1 is 1.36 bits per heavy atom. The molecule has 22 heavy (non-hydrogen) atoms. The van der Waals surface area contributed by atoms with Crippen LogP contribution in [0.3, 0.4) is 0 Å². The fourth-order valence-electron chi connectivity index (χ4n) is 4.03. The number of rotatable bonds is 4. The van der Waals surface area contributed by atoms with Crippen molar-refractivity contribution in [2.45, 2.75) is 45.1 Å². The second-order valence-electron chi connectivity index (χ2n) is 6.60. The van der Waals surface area contributed by atoms with E-state index in [0.29, 0.717) is 23.3 Å². The molecule has 2 saturated carbocycles. The van der Waals surface area contributed by atoms with Gasteiger partial charge in [0.05, 0.1) is 13.0 Å². The SMILES string of the molecule is COC(=O)[C@@H]1[C@H]2CC[C@@H](C2)[C@@H]1NC(=O)c1ncoc1C(C)C. The third-order valence-electron chi connectivity index (χ3n) is 5.02. The number of carbonyl (C=O) groups is 2. The summed E-state index contributed by atoms with van der Waals surface area (Å²) in [5.41, 5.74) is 0.321. The molecule has 2 fully saturated rings. The number of ether oxygens (including phenoxy) is 1. The molecule has 1 aromatic heterocycles. The van der Waals surface area contributed by atoms with Crippen molar-refractivity contribution in [3.63, 3.8) is 0 Å². The van der Waals surface area contributed by atoms with E-state index in [-0.39, 0.29) is 29.8 Å². The Morgan fingerprint density at radius 3 is 2.77 bits per heavy atom. The number of fused-ring (bicyclic) bond motifs is 2. The topological polar surface area (TPSA) is 81.4 Å². The van der Waals surface area contributed by atoms with Gasteiger partial charge in [-0.15, -0.1) is 0 Å². The van der Waals surface area contributed by atoms with Gasteiger partial charge in [-0.3, -0.25) is 9.59 Å². The Kier molecular flexibility index (Phi) is 3.93. The van der Waals surface area contributed by atoms with Crippen LogP contribution in [0.15, 0.2) is 10.8 Å². The lowest BCUT2D eigenvalue weighted by Gasteiger charge is -2.29. The van der Waals surface area contributed by atoms with Crippen LogP contribution in [0.5, 0.6) is 0 Å². The Labute approximate surface area is 129 Å². The van der Waals surface area contributed by atoms with Crippen molar-refractivity contribution in [3.8, 4) is 0 Å². The summed E-state index contributed by atoms with van der Waals surface area (Å²) in [6, 6.07) is -0.157. The van der Waals surface area contributed by atoms with Crippen molar-refractivity contribution in [1.82, 2.24) is 10.3 Å². The molecule has 0 spiro atoms. The number of methoxy groups -OCH3 is 1. The number of esters is 1. The number of aromatic nitrogens is 1. The number of carbonyl (C=O) groups excluding carboxylic acids is 2. The zero-order chi connectivity index (χ0) is 15.9. The fourth-order valence-corrected chi connectivity index (χ4v) is 4.03. The summed E-state index contributed by atoms with van der Waals surface area (Å²) in [7, 11) is 1.40. The van der Waals surface area contributed by atoms with E-state index in [1.807, 2.05) is 13.8 Å². The Bertz CT molecular complexity index is 580. The Balaban J connectivity index is 1.78. The van der Waals surface area contributed by atoms with Crippen molar-refractivity contribution in [1.29, 1.82) is 0 Å². The maximum absolute atomic E-state index is 12.5. The van der Waals surface area contributed by atoms with Crippen LogP contribution in [-0.2, 0) is 9.53 Å². The molecule has 1 heterocycles. The number of oxazole rings is 1. The number of amides is 1. The molecule has 2 aliphatic rings. The van der Waals surface area contributed by atoms with Crippen LogP contribution < -0.4 is 5.32 Å². The van der Waals surface area contributed by atoms with Crippen molar-refractivity contribution in [2.75, 3.05) is 7.11 Å². The van der Waals surface area contributed by atoms with Gasteiger partial charge in [-0.25, -0.2) is 4.98 Å². The fraction of sp³-hybridized carbons (Fsp3) is 0.688. The molecule has 1 N–H and O–H groups in total. The number of nitrogens with zero attached hydrogens (tertiary/aromatic N) is 1. The predicted octanol–water partition coefficient (Wildman–Crippen LogP) is 2.12. The average molecular weight is 306 g/mol. The van der Waals surface area contributed by atoms with Gasteiger partial charge in [-0.2, -0.15) is 0 Å². The Morgan fingerprint density at radius 2 is 2.09 bits per heavy atom. The zero-order valence-electron chi connectivity index (χ0n) is 13.2. The second-order valence-corrected chi connectivity index (χ2v) is 6.60. The molecule has 2 bridgehead atoms. The molecule has 3 rings (SSSR count). The summed E-state index contributed by atoms with van der Waals surface area (Å²) in [4.78, 5) is 28.6. The number of hydrogen-bond acceptors (Lipinski definition) is 5. The third kappa shape index (κ3) is 2.40. The number of hydrogen-bond donors (Lipinski definition) is 1. The molecule has 0 unspecified atom stereocenters. The first-order valence-electron chi connectivity index (χ1n) is 7.85. The van der Waals surface area contributed by atoms with Crippen molar-refractivity contribution >= 4 is 11.9 Å². The maximum atomic E-state index is 12.5. The van der Waals surface area contributed by atoms with Crippen molar-refractivity contribution < 1.29 is 18.7 Å². The normalized spacial score (nSPS) is 29.8. The molecule has 0 aliphatic heterocycles. The van der Waals surface area contributed by atoms with Crippen molar-refractivity contribution in [3.05, 3.63) is 17.8 Å². The highest BCUT2D eigenvalue weighted by Crippen LogP contribution is 2.49. The van der Waals surface area contributed by atoms with Crippen LogP contribution in [0.4, 0.5) is 0 Å². The summed E-state index contributed by atoms with van der Waals surface area (Å²) >= 11 is 0. The summed E-state index contributed by atoms with van der Waals surface area (Å²) in [5.74, 6) is 0.625. The first-order valence-corrected chi connectivity index (χ1v) is 7.85. The van der Waals surface area contributed by atoms with E-state index >= 15 is 0 Å². The molecule has 120 valence electrons. The zero-order valence-corrected chi connectivity index (χ0v) is 13.2. The van der Waals surface area contributed by atoms with Crippen LogP contribution in [0.2, 0.25) is 0 Å². The second kappa shape index (κ2) is 5.74. The molecule has 0 saturated heterocycles. The molecular formula is C16H22N2O4. The summed E-state index contributed by atoms with van der Waals surface area (Å²) in [6.07, 6.45) is 4.38. The molecule has 4 atom stereocenters. The van der Waals surface area contributed by atoms with Gasteiger partial charge in [-0.05, 0) is 31.1 Å². The van der Waals surface area contributed by atoms with Gasteiger partial charge in [0.2, 0.25) is 0 Å². The highest BCUT2D eigenvalue weighted by Gasteiger charge is 2.52. The van der Waals surface area contributed by atoms with E-state index in [1.165, 1.54) is 13.5 Å². The highest BCUT2D eigenvalue weighted by atomic mass is 16.5. The lowest BCUT2D eigenvalue weighted by molar-refractivity contribution is -0.148. The van der Waals surface area contributed by atoms with E-state index < -0.39 is 0 Å². The molecule has 6 nitrogen and oxygen atoms in total. The predicted molar refractivity (Wildman–Crippen MR) is 78.2 cm³/mol. The molecule has 1 aromatic rings. The quantitative estimate of drug-likeness (QED) is 0.862. The minimum atomic E-state index is -0.260. The highest BCUT2D eigenvalue weighted by molar-refractivity contribution is 5.94. The lowest BCUT2D eigenvalue weighted by atomic mass is 9.84. The molecule has 2 aliphatic carbocycles. The van der Waals surface area contributed by atoms with E-state index in [2.05, 4.69) is 10.3 Å². The van der Waals surface area contributed by atoms with Crippen LogP contribution in [0, 0.1) is 17.8 Å². The molecule has 1 amide bonds. The number of nitrogens with one attached hydrogen (secondary N) is 1. The third-order valence-corrected chi connectivity index (χ3v) is 5.02. The van der Waals surface area contributed by atoms with Gasteiger partial charge in [0.25, 0.3) is 5.91 Å². The maximum Gasteiger partial charge on any atom is 0.311 e. The summed E-state index contributed by atoms with van der Waals surface area (Å²) in [5, 5.41) is 3.01. The van der Waals surface area contributed by atoms with E-state index in [0.717, 1.165) is 19.3 Å². The molecule has 6 heteroatoms. The van der Waals surface area contributed by atoms with Gasteiger partial charge < -0.3 is 14.5 Å². The van der Waals surface area contributed by atoms with Gasteiger partial charge in [-0.1, -0.05) is 13.8 Å². The lowest BCUT2D eigenvalue weighted by Crippen LogP contribution is -2.47. The molecule has 0 aromatic carbocycles. The first kappa shape index (κ1) is 15.1. The van der Waals surface area contributed by atoms with E-state index in [4.69, 9.17) is 9.15 Å². The first-order chi connectivity index (χ1) is 10.5. The minimum absolute atomic E-state index is 0.0830. The van der Waals surface area contributed by atoms with Gasteiger partial charge >= 0.3 is 5.97 Å². The minimum Gasteiger partial charge on any atom is -0.469 e. The monoisotopic (exact) mass is 306 g/mol. The Hall–Kier alpha value is -1.85. The largest absolute Gasteiger partial charge is 0.469 e. The van der Waals surface area contributed by atoms with E-state index in [1.54, 1.807) is 0 Å². The van der Waals surface area contributed by atoms with Gasteiger partial charge in [0.15, 0.2) is 12.1 Å². The summed E-state index contributed by atoms with van der Waals surface area (Å²) < 4.78 is 10.2. The summed E-state index contributed by atoms with van der Waals surface area (Å²) in [6.45, 7) is 3.90. The van der Waals surface area contributed by atoms with Crippen molar-refractivity contribution in [2.24, 2.45) is 17.8 Å². The van der Waals surface area contributed by atoms with Crippen LogP contribution in [0.25, 0.3) is 0 Å². The molecular weight excluding hydrogens is 284 g/mol. The van der Waals surface area contributed by atoms with Crippen LogP contribution in [0.1, 0.15) is 55.3 Å².